The lowest BCUT2D eigenvalue weighted by atomic mass is 9.89. The van der Waals surface area contributed by atoms with E-state index in [0.717, 1.165) is 23.3 Å². The SMILES string of the molecule is CCCCN(C)C(=O)[C@H](CC=O)NC(=O)[C@H](CC(C)C)N(C)C(=O)[C@H](C)N(C)C(=O)[C@H](CCc1ccccc1)N1C(=O)[C@@H](N(C)C(=O)[C@H](CC(C)C)NC(=O)[C@@H]2CCCN2C(=O)[C@H](Cc2ccccc2)N(C)C(=O)[C@H](C)N(C)C(=O)[C@@H](NC(=O)C(C)C)[C@@H](C)O)C1C. The van der Waals surface area contributed by atoms with Crippen molar-refractivity contribution >= 4 is 71.3 Å². The molecule has 2 aliphatic heterocycles. The molecule has 510 valence electrons. The summed E-state index contributed by atoms with van der Waals surface area (Å²) < 4.78 is 0. The molecule has 11 amide bonds. The second-order valence-corrected chi connectivity index (χ2v) is 26.3. The van der Waals surface area contributed by atoms with E-state index in [1.165, 1.54) is 90.3 Å². The van der Waals surface area contributed by atoms with Gasteiger partial charge >= 0.3 is 0 Å². The molecule has 0 radical (unpaired) electrons. The molecule has 1 unspecified atom stereocenters. The third-order valence-electron chi connectivity index (χ3n) is 18.0. The summed E-state index contributed by atoms with van der Waals surface area (Å²) in [5, 5.41) is 18.8. The van der Waals surface area contributed by atoms with Crippen LogP contribution in [-0.2, 0) is 70.4 Å². The Morgan fingerprint density at radius 3 is 1.70 bits per heavy atom. The van der Waals surface area contributed by atoms with Gasteiger partial charge in [-0.25, -0.2) is 0 Å². The average molecular weight is 1280 g/mol. The number of carbonyl (C=O) groups excluding carboxylic acids is 12. The number of unbranched alkanes of at least 4 members (excludes halogenated alkanes) is 1. The van der Waals surface area contributed by atoms with E-state index in [4.69, 9.17) is 0 Å². The summed E-state index contributed by atoms with van der Waals surface area (Å²) in [6, 6.07) is 6.11. The number of nitrogens with one attached hydrogen (secondary N) is 3. The minimum Gasteiger partial charge on any atom is -0.391 e. The largest absolute Gasteiger partial charge is 0.391 e. The summed E-state index contributed by atoms with van der Waals surface area (Å²) in [5.41, 5.74) is 1.60. The highest BCUT2D eigenvalue weighted by atomic mass is 16.3. The minimum atomic E-state index is -1.35. The molecule has 0 aromatic heterocycles. The number of β-lactam (4-membered cyclic amide) rings is 1. The van der Waals surface area contributed by atoms with E-state index < -0.39 is 143 Å². The molecule has 4 rings (SSSR count). The number of aryl methyl sites for hydroxylation is 1. The number of aliphatic hydroxyl groups is 1. The Morgan fingerprint density at radius 1 is 0.641 bits per heavy atom. The second-order valence-electron chi connectivity index (χ2n) is 26.3. The third-order valence-corrected chi connectivity index (χ3v) is 18.0. The van der Waals surface area contributed by atoms with Crippen LogP contribution in [0.25, 0.3) is 0 Å². The fraction of sp³-hybridized carbons (Fsp3) is 0.647. The zero-order valence-corrected chi connectivity index (χ0v) is 57.4. The predicted octanol–water partition coefficient (Wildman–Crippen LogP) is 3.06. The topological polar surface area (TPSA) is 287 Å². The van der Waals surface area contributed by atoms with Gasteiger partial charge in [-0.3, -0.25) is 52.7 Å². The highest BCUT2D eigenvalue weighted by Gasteiger charge is 2.54. The van der Waals surface area contributed by atoms with Crippen LogP contribution in [0.5, 0.6) is 0 Å². The zero-order valence-electron chi connectivity index (χ0n) is 57.4. The van der Waals surface area contributed by atoms with Gasteiger partial charge in [0.1, 0.15) is 66.7 Å². The first-order valence-corrected chi connectivity index (χ1v) is 32.6. The maximum absolute atomic E-state index is 15.0. The number of aldehydes is 1. The van der Waals surface area contributed by atoms with Crippen LogP contribution >= 0.6 is 0 Å². The molecule has 24 nitrogen and oxygen atoms in total. The highest BCUT2D eigenvalue weighted by molar-refractivity contribution is 6.01. The van der Waals surface area contributed by atoms with Crippen molar-refractivity contribution in [1.82, 2.24) is 55.1 Å². The van der Waals surface area contributed by atoms with Crippen molar-refractivity contribution in [3.8, 4) is 0 Å². The zero-order chi connectivity index (χ0) is 69.2. The van der Waals surface area contributed by atoms with Crippen molar-refractivity contribution in [1.29, 1.82) is 0 Å². The van der Waals surface area contributed by atoms with E-state index in [9.17, 15) is 53.1 Å². The Labute approximate surface area is 544 Å². The van der Waals surface area contributed by atoms with Gasteiger partial charge in [0.25, 0.3) is 0 Å². The van der Waals surface area contributed by atoms with Crippen LogP contribution in [0.15, 0.2) is 60.7 Å². The number of aliphatic hydroxyl groups excluding tert-OH is 1. The van der Waals surface area contributed by atoms with Crippen molar-refractivity contribution < 1.29 is 62.6 Å². The number of hydrogen-bond acceptors (Lipinski definition) is 13. The molecule has 12 atom stereocenters. The fourth-order valence-corrected chi connectivity index (χ4v) is 12.0. The van der Waals surface area contributed by atoms with E-state index in [0.29, 0.717) is 31.2 Å². The Kier molecular flexibility index (Phi) is 29.4. The number of nitrogens with zero attached hydrogens (tertiary/aromatic N) is 8. The Balaban J connectivity index is 1.58. The van der Waals surface area contributed by atoms with Gasteiger partial charge in [-0.15, -0.1) is 0 Å². The van der Waals surface area contributed by atoms with E-state index in [-0.39, 0.29) is 56.9 Å². The number of carbonyl (C=O) groups is 12. The summed E-state index contributed by atoms with van der Waals surface area (Å²) in [4.78, 5) is 179. The third kappa shape index (κ3) is 19.6. The molecule has 0 saturated carbocycles. The molecule has 0 spiro atoms. The van der Waals surface area contributed by atoms with E-state index >= 15 is 9.59 Å². The number of rotatable bonds is 34. The Bertz CT molecular complexity index is 2870. The maximum Gasteiger partial charge on any atom is 0.248 e. The van der Waals surface area contributed by atoms with Crippen molar-refractivity contribution in [2.75, 3.05) is 55.4 Å². The van der Waals surface area contributed by atoms with Crippen LogP contribution in [0.4, 0.5) is 0 Å². The Hall–Kier alpha value is -7.76. The molecule has 2 heterocycles. The lowest BCUT2D eigenvalue weighted by Gasteiger charge is -2.52. The smallest absolute Gasteiger partial charge is 0.248 e. The molecule has 2 aliphatic rings. The van der Waals surface area contributed by atoms with Crippen LogP contribution in [0.2, 0.25) is 0 Å². The van der Waals surface area contributed by atoms with Crippen LogP contribution in [0.3, 0.4) is 0 Å². The van der Waals surface area contributed by atoms with Gasteiger partial charge in [-0.2, -0.15) is 0 Å². The van der Waals surface area contributed by atoms with E-state index in [2.05, 4.69) is 16.0 Å². The van der Waals surface area contributed by atoms with Gasteiger partial charge in [-0.05, 0) is 95.6 Å². The van der Waals surface area contributed by atoms with E-state index in [1.807, 2.05) is 71.0 Å². The summed E-state index contributed by atoms with van der Waals surface area (Å²) in [6.45, 7) is 19.4. The first-order chi connectivity index (χ1) is 43.2. The number of likely N-dealkylation sites (N-methyl/N-ethyl adjacent to an activating group) is 6. The standard InChI is InChI=1S/C68H105N11O13/c1-18-19-35-72(12)63(87)50(34-37-80)69-60(84)54(39-42(4)5)75(15)61(85)45(9)73(13)65(89)53(33-32-48-27-22-20-23-28-48)79-44(8)57(68(79)92)77(17)64(88)51(38-41(2)3)70-59(83)52-31-26-36-78(52)66(90)55(40-49-29-24-21-25-30-49)76(16)62(86)46(10)74(14)67(91)56(47(11)81)71-58(82)43(6)7/h20-25,27-30,37,41-47,50-57,81H,18-19,26,31-36,38-40H2,1-17H3,(H,69,84)(H,70,83)(H,71,82)/t44?,45-,46-,47+,50-,51-,52-,53-,54-,55-,56-,57-/m0/s1. The normalized spacial score (nSPS) is 18.4. The highest BCUT2D eigenvalue weighted by Crippen LogP contribution is 2.32. The quantitative estimate of drug-likeness (QED) is 0.0580. The fourth-order valence-electron chi connectivity index (χ4n) is 12.0. The van der Waals surface area contributed by atoms with Crippen molar-refractivity contribution in [2.24, 2.45) is 17.8 Å². The molecule has 2 fully saturated rings. The van der Waals surface area contributed by atoms with Gasteiger partial charge in [0.15, 0.2) is 0 Å². The molecule has 0 aliphatic carbocycles. The van der Waals surface area contributed by atoms with Crippen LogP contribution < -0.4 is 16.0 Å². The Morgan fingerprint density at radius 2 is 1.18 bits per heavy atom. The summed E-state index contributed by atoms with van der Waals surface area (Å²) >= 11 is 0. The van der Waals surface area contributed by atoms with Crippen LogP contribution in [0.1, 0.15) is 139 Å². The first kappa shape index (κ1) is 76.7. The lowest BCUT2D eigenvalue weighted by Crippen LogP contribution is -2.74. The maximum atomic E-state index is 15.0. The minimum absolute atomic E-state index is 0.0399. The summed E-state index contributed by atoms with van der Waals surface area (Å²) in [7, 11) is 8.80. The van der Waals surface area contributed by atoms with E-state index in [1.54, 1.807) is 52.1 Å². The molecule has 92 heavy (non-hydrogen) atoms. The van der Waals surface area contributed by atoms with Gasteiger partial charge in [0.05, 0.1) is 12.1 Å². The number of likely N-dealkylation sites (tertiary alicyclic amines) is 2. The molecular weight excluding hydrogens is 1180 g/mol. The predicted molar refractivity (Wildman–Crippen MR) is 348 cm³/mol. The number of hydrogen-bond donors (Lipinski definition) is 4. The molecule has 24 heteroatoms. The van der Waals surface area contributed by atoms with Gasteiger partial charge < -0.3 is 65.1 Å². The second kappa shape index (κ2) is 35.3. The van der Waals surface area contributed by atoms with Gasteiger partial charge in [0, 0.05) is 74.1 Å². The van der Waals surface area contributed by atoms with Gasteiger partial charge in [0.2, 0.25) is 65.0 Å². The monoisotopic (exact) mass is 1280 g/mol. The van der Waals surface area contributed by atoms with Crippen molar-refractivity contribution in [3.05, 3.63) is 71.8 Å². The summed E-state index contributed by atoms with van der Waals surface area (Å²) in [6.07, 6.45) is 2.09. The van der Waals surface area contributed by atoms with Gasteiger partial charge in [-0.1, -0.05) is 116 Å². The lowest BCUT2D eigenvalue weighted by molar-refractivity contribution is -0.172. The molecule has 2 saturated heterocycles. The summed E-state index contributed by atoms with van der Waals surface area (Å²) in [5.74, 6) is -7.03. The van der Waals surface area contributed by atoms with Crippen LogP contribution in [-0.4, -0.2) is 244 Å². The molecule has 0 bridgehead atoms. The number of amides is 11. The average Bonchev–Trinajstić information content (AvgIpc) is 0.896. The van der Waals surface area contributed by atoms with Crippen molar-refractivity contribution in [2.45, 2.75) is 213 Å². The molecule has 2 aromatic rings. The molecule has 4 N–H and O–H groups in total. The van der Waals surface area contributed by atoms with Crippen LogP contribution in [0, 0.1) is 17.8 Å². The molecule has 2 aromatic carbocycles. The van der Waals surface area contributed by atoms with Crippen molar-refractivity contribution in [3.63, 3.8) is 0 Å². The first-order valence-electron chi connectivity index (χ1n) is 32.6. The number of benzene rings is 2. The molecular formula is C68H105N11O13.